The molecule has 3 amide bonds. The van der Waals surface area contributed by atoms with Gasteiger partial charge in [-0.05, 0) is 18.9 Å². The molecule has 1 aromatic rings. The first-order chi connectivity index (χ1) is 12.8. The molecule has 27 heavy (non-hydrogen) atoms. The molecule has 3 rings (SSSR count). The molecular formula is C20H27N3O4. The Hall–Kier alpha value is -2.70. The third kappa shape index (κ3) is 3.01. The van der Waals surface area contributed by atoms with Gasteiger partial charge in [-0.2, -0.15) is 0 Å². The number of amides is 3. The highest BCUT2D eigenvalue weighted by Gasteiger charge is 2.45. The van der Waals surface area contributed by atoms with Crippen molar-refractivity contribution in [2.45, 2.75) is 32.9 Å². The van der Waals surface area contributed by atoms with Crippen molar-refractivity contribution in [2.75, 3.05) is 27.8 Å². The van der Waals surface area contributed by atoms with Crippen molar-refractivity contribution in [2.24, 2.45) is 5.92 Å². The Morgan fingerprint density at radius 3 is 2.44 bits per heavy atom. The Labute approximate surface area is 159 Å². The van der Waals surface area contributed by atoms with Crippen molar-refractivity contribution in [3.63, 3.8) is 0 Å². The molecule has 0 radical (unpaired) electrons. The van der Waals surface area contributed by atoms with Gasteiger partial charge in [0.2, 0.25) is 0 Å². The van der Waals surface area contributed by atoms with Crippen molar-refractivity contribution in [3.8, 4) is 11.5 Å². The molecule has 0 saturated heterocycles. The summed E-state index contributed by atoms with van der Waals surface area (Å²) in [6, 6.07) is 4.72. The fourth-order valence-corrected chi connectivity index (χ4v) is 3.65. The number of ether oxygens (including phenoxy) is 2. The summed E-state index contributed by atoms with van der Waals surface area (Å²) in [6.07, 6.45) is 0. The van der Waals surface area contributed by atoms with Gasteiger partial charge in [-0.1, -0.05) is 26.0 Å². The summed E-state index contributed by atoms with van der Waals surface area (Å²) < 4.78 is 10.9. The van der Waals surface area contributed by atoms with Gasteiger partial charge in [-0.3, -0.25) is 9.69 Å². The maximum absolute atomic E-state index is 13.3. The lowest BCUT2D eigenvalue weighted by molar-refractivity contribution is -0.128. The first-order valence-electron chi connectivity index (χ1n) is 9.10. The number of hydrogen-bond donors (Lipinski definition) is 1. The lowest BCUT2D eigenvalue weighted by Gasteiger charge is -2.31. The Bertz CT molecular complexity index is 802. The van der Waals surface area contributed by atoms with E-state index < -0.39 is 6.04 Å². The zero-order valence-electron chi connectivity index (χ0n) is 16.7. The van der Waals surface area contributed by atoms with E-state index in [4.69, 9.17) is 9.47 Å². The van der Waals surface area contributed by atoms with Crippen molar-refractivity contribution in [3.05, 3.63) is 35.0 Å². The molecule has 0 saturated carbocycles. The normalized spacial score (nSPS) is 20.8. The number of para-hydroxylation sites is 1. The van der Waals surface area contributed by atoms with Crippen molar-refractivity contribution >= 4 is 11.9 Å². The summed E-state index contributed by atoms with van der Waals surface area (Å²) in [7, 11) is 4.81. The molecule has 0 bridgehead atoms. The summed E-state index contributed by atoms with van der Waals surface area (Å²) in [5, 5.41) is 2.95. The molecule has 2 heterocycles. The number of nitrogens with one attached hydrogen (secondary N) is 1. The van der Waals surface area contributed by atoms with Crippen LogP contribution in [-0.2, 0) is 4.79 Å². The number of carbonyl (C=O) groups excluding carboxylic acids is 2. The molecule has 1 aromatic carbocycles. The number of hydrogen-bond acceptors (Lipinski definition) is 4. The molecule has 2 atom stereocenters. The van der Waals surface area contributed by atoms with Crippen molar-refractivity contribution in [1.82, 2.24) is 15.1 Å². The third-order valence-corrected chi connectivity index (χ3v) is 5.59. The number of methoxy groups -OCH3 is 2. The predicted octanol–water partition coefficient (Wildman–Crippen LogP) is 2.54. The average Bonchev–Trinajstić information content (AvgIpc) is 3.00. The molecule has 0 spiro atoms. The predicted molar refractivity (Wildman–Crippen MR) is 102 cm³/mol. The number of carbonyl (C=O) groups is 2. The number of rotatable bonds is 5. The second-order valence-electron chi connectivity index (χ2n) is 7.30. The number of benzene rings is 1. The van der Waals surface area contributed by atoms with E-state index in [9.17, 15) is 9.59 Å². The largest absolute Gasteiger partial charge is 0.493 e. The van der Waals surface area contributed by atoms with E-state index in [1.165, 1.54) is 4.90 Å². The molecule has 0 fully saturated rings. The monoisotopic (exact) mass is 373 g/mol. The maximum Gasteiger partial charge on any atom is 0.322 e. The van der Waals surface area contributed by atoms with Gasteiger partial charge < -0.3 is 19.7 Å². The Morgan fingerprint density at radius 2 is 1.85 bits per heavy atom. The standard InChI is InChI=1S/C20H27N3O4/c1-11(2)12(3)23-10-14-16(19(23)24)17(21-20(25)22(14)4)13-8-7-9-15(26-5)18(13)27-6/h7-9,11-12,17H,10H2,1-6H3,(H,21,25)/t12-,17+/m0/s1. The highest BCUT2D eigenvalue weighted by atomic mass is 16.5. The van der Waals surface area contributed by atoms with Gasteiger partial charge in [0.25, 0.3) is 5.91 Å². The smallest absolute Gasteiger partial charge is 0.322 e. The molecule has 1 N–H and O–H groups in total. The first-order valence-corrected chi connectivity index (χ1v) is 9.10. The summed E-state index contributed by atoms with van der Waals surface area (Å²) in [5.74, 6) is 1.34. The van der Waals surface area contributed by atoms with E-state index in [2.05, 4.69) is 19.2 Å². The van der Waals surface area contributed by atoms with E-state index in [0.717, 1.165) is 5.70 Å². The van der Waals surface area contributed by atoms with E-state index >= 15 is 0 Å². The van der Waals surface area contributed by atoms with Gasteiger partial charge in [0.1, 0.15) is 0 Å². The van der Waals surface area contributed by atoms with E-state index in [-0.39, 0.29) is 18.0 Å². The van der Waals surface area contributed by atoms with Crippen LogP contribution in [0.15, 0.2) is 29.5 Å². The molecular weight excluding hydrogens is 346 g/mol. The summed E-state index contributed by atoms with van der Waals surface area (Å²) >= 11 is 0. The number of urea groups is 1. The molecule has 2 aliphatic heterocycles. The van der Waals surface area contributed by atoms with E-state index in [1.54, 1.807) is 27.3 Å². The zero-order valence-corrected chi connectivity index (χ0v) is 16.7. The average molecular weight is 373 g/mol. The molecule has 0 aromatic heterocycles. The van der Waals surface area contributed by atoms with Gasteiger partial charge in [-0.15, -0.1) is 0 Å². The minimum Gasteiger partial charge on any atom is -0.493 e. The van der Waals surface area contributed by atoms with Gasteiger partial charge in [0.05, 0.1) is 38.1 Å². The summed E-state index contributed by atoms with van der Waals surface area (Å²) in [6.45, 7) is 6.65. The van der Waals surface area contributed by atoms with Crippen LogP contribution in [0.2, 0.25) is 0 Å². The quantitative estimate of drug-likeness (QED) is 0.861. The minimum atomic E-state index is -0.578. The molecule has 7 heteroatoms. The zero-order chi connectivity index (χ0) is 19.9. The molecule has 0 unspecified atom stereocenters. The van der Waals surface area contributed by atoms with Crippen molar-refractivity contribution in [1.29, 1.82) is 0 Å². The lowest BCUT2D eigenvalue weighted by atomic mass is 9.94. The van der Waals surface area contributed by atoms with Crippen LogP contribution in [0, 0.1) is 5.92 Å². The molecule has 146 valence electrons. The molecule has 7 nitrogen and oxygen atoms in total. The van der Waals surface area contributed by atoms with Gasteiger partial charge in [0, 0.05) is 18.7 Å². The highest BCUT2D eigenvalue weighted by Crippen LogP contribution is 2.42. The minimum absolute atomic E-state index is 0.0482. The summed E-state index contributed by atoms with van der Waals surface area (Å²) in [5.41, 5.74) is 2.04. The fraction of sp³-hybridized carbons (Fsp3) is 0.500. The van der Waals surface area contributed by atoms with Crippen molar-refractivity contribution < 1.29 is 19.1 Å². The van der Waals surface area contributed by atoms with E-state index in [1.807, 2.05) is 24.0 Å². The first kappa shape index (κ1) is 19.1. The Morgan fingerprint density at radius 1 is 1.15 bits per heavy atom. The van der Waals surface area contributed by atoms with Crippen LogP contribution in [0.5, 0.6) is 11.5 Å². The lowest BCUT2D eigenvalue weighted by Crippen LogP contribution is -2.45. The van der Waals surface area contributed by atoms with E-state index in [0.29, 0.717) is 35.1 Å². The SMILES string of the molecule is COc1cccc([C@H]2NC(=O)N(C)C3=C2C(=O)N([C@@H](C)C(C)C)C3)c1OC. The highest BCUT2D eigenvalue weighted by molar-refractivity contribution is 6.01. The Kier molecular flexibility index (Phi) is 5.04. The van der Waals surface area contributed by atoms with Gasteiger partial charge >= 0.3 is 6.03 Å². The van der Waals surface area contributed by atoms with Crippen LogP contribution in [0.4, 0.5) is 4.79 Å². The van der Waals surface area contributed by atoms with Crippen LogP contribution in [0.3, 0.4) is 0 Å². The third-order valence-electron chi connectivity index (χ3n) is 5.59. The van der Waals surface area contributed by atoms with Crippen LogP contribution < -0.4 is 14.8 Å². The number of likely N-dealkylation sites (N-methyl/N-ethyl adjacent to an activating group) is 1. The van der Waals surface area contributed by atoms with Crippen LogP contribution in [0.1, 0.15) is 32.4 Å². The van der Waals surface area contributed by atoms with Crippen LogP contribution in [0.25, 0.3) is 0 Å². The molecule has 0 aliphatic carbocycles. The molecule has 2 aliphatic rings. The second kappa shape index (κ2) is 7.13. The topological polar surface area (TPSA) is 71.1 Å². The maximum atomic E-state index is 13.3. The fourth-order valence-electron chi connectivity index (χ4n) is 3.65. The van der Waals surface area contributed by atoms with Gasteiger partial charge in [0.15, 0.2) is 11.5 Å². The number of nitrogens with zero attached hydrogens (tertiary/aromatic N) is 2. The van der Waals surface area contributed by atoms with Gasteiger partial charge in [-0.25, -0.2) is 4.79 Å². The van der Waals surface area contributed by atoms with Crippen LogP contribution in [-0.4, -0.2) is 55.6 Å². The van der Waals surface area contributed by atoms with Crippen LogP contribution >= 0.6 is 0 Å². The Balaban J connectivity index is 2.10. The second-order valence-corrected chi connectivity index (χ2v) is 7.30. The summed E-state index contributed by atoms with van der Waals surface area (Å²) in [4.78, 5) is 29.2.